The van der Waals surface area contributed by atoms with Crippen LogP contribution in [0.25, 0.3) is 11.0 Å². The molecule has 2 aromatic rings. The van der Waals surface area contributed by atoms with E-state index in [-0.39, 0.29) is 0 Å². The number of imidazole rings is 1. The summed E-state index contributed by atoms with van der Waals surface area (Å²) >= 11 is 3.48. The van der Waals surface area contributed by atoms with Crippen molar-refractivity contribution in [1.82, 2.24) is 9.55 Å². The molecule has 0 amide bonds. The van der Waals surface area contributed by atoms with Gasteiger partial charge in [0.15, 0.2) is 0 Å². The summed E-state index contributed by atoms with van der Waals surface area (Å²) in [6, 6.07) is 6.96. The molecule has 0 aliphatic heterocycles. The second kappa shape index (κ2) is 3.86. The smallest absolute Gasteiger partial charge is 0.111 e. The van der Waals surface area contributed by atoms with E-state index in [1.807, 2.05) is 0 Å². The minimum Gasteiger partial charge on any atom is -0.330 e. The largest absolute Gasteiger partial charge is 0.330 e. The van der Waals surface area contributed by atoms with E-state index >= 15 is 0 Å². The van der Waals surface area contributed by atoms with Crippen LogP contribution in [0.5, 0.6) is 0 Å². The molecule has 0 spiro atoms. The van der Waals surface area contributed by atoms with Gasteiger partial charge in [0.25, 0.3) is 0 Å². The molecule has 2 N–H and O–H groups in total. The first-order chi connectivity index (χ1) is 7.79. The normalized spacial score (nSPS) is 15.9. The van der Waals surface area contributed by atoms with Gasteiger partial charge in [0.05, 0.1) is 11.0 Å². The van der Waals surface area contributed by atoms with Gasteiger partial charge in [-0.3, -0.25) is 0 Å². The van der Waals surface area contributed by atoms with Gasteiger partial charge in [-0.2, -0.15) is 0 Å². The molecule has 1 fully saturated rings. The summed E-state index contributed by atoms with van der Waals surface area (Å²) in [5, 5.41) is 0. The van der Waals surface area contributed by atoms with Crippen LogP contribution in [0.2, 0.25) is 0 Å². The molecule has 1 saturated carbocycles. The Morgan fingerprint density at radius 1 is 1.44 bits per heavy atom. The second-order valence-corrected chi connectivity index (χ2v) is 5.22. The van der Waals surface area contributed by atoms with Crippen LogP contribution >= 0.6 is 15.9 Å². The molecule has 1 aliphatic rings. The van der Waals surface area contributed by atoms with Gasteiger partial charge in [-0.15, -0.1) is 0 Å². The highest BCUT2D eigenvalue weighted by Crippen LogP contribution is 2.39. The third-order valence-corrected chi connectivity index (χ3v) is 3.50. The Kier molecular flexibility index (Phi) is 2.48. The lowest BCUT2D eigenvalue weighted by molar-refractivity contribution is 0.696. The van der Waals surface area contributed by atoms with E-state index in [1.165, 1.54) is 18.4 Å². The number of hydrogen-bond donors (Lipinski definition) is 1. The molecule has 84 valence electrons. The summed E-state index contributed by atoms with van der Waals surface area (Å²) in [6.45, 7) is 0.664. The van der Waals surface area contributed by atoms with E-state index in [9.17, 15) is 0 Å². The van der Waals surface area contributed by atoms with Crippen molar-refractivity contribution < 1.29 is 0 Å². The minimum absolute atomic E-state index is 0.660. The number of nitrogens with zero attached hydrogens (tertiary/aromatic N) is 2. The van der Waals surface area contributed by atoms with Crippen molar-refractivity contribution in [3.8, 4) is 0 Å². The maximum absolute atomic E-state index is 5.64. The summed E-state index contributed by atoms with van der Waals surface area (Å²) in [5.41, 5.74) is 7.96. The molecule has 0 saturated heterocycles. The molecular weight excluding hydrogens is 266 g/mol. The van der Waals surface area contributed by atoms with E-state index in [4.69, 9.17) is 5.73 Å². The Morgan fingerprint density at radius 2 is 2.25 bits per heavy atom. The van der Waals surface area contributed by atoms with Gasteiger partial charge < -0.3 is 10.3 Å². The molecular formula is C12H14BrN3. The molecule has 0 bridgehead atoms. The summed E-state index contributed by atoms with van der Waals surface area (Å²) in [6.07, 6.45) is 3.42. The van der Waals surface area contributed by atoms with E-state index < -0.39 is 0 Å². The van der Waals surface area contributed by atoms with Crippen LogP contribution in [-0.4, -0.2) is 16.1 Å². The average molecular weight is 280 g/mol. The number of hydrogen-bond acceptors (Lipinski definition) is 2. The summed E-state index contributed by atoms with van der Waals surface area (Å²) in [7, 11) is 0. The van der Waals surface area contributed by atoms with Gasteiger partial charge in [0, 0.05) is 16.9 Å². The van der Waals surface area contributed by atoms with E-state index in [0.29, 0.717) is 12.6 Å². The molecule has 1 aliphatic carbocycles. The van der Waals surface area contributed by atoms with Gasteiger partial charge >= 0.3 is 0 Å². The predicted molar refractivity (Wildman–Crippen MR) is 68.5 cm³/mol. The third kappa shape index (κ3) is 1.66. The molecule has 16 heavy (non-hydrogen) atoms. The van der Waals surface area contributed by atoms with Crippen LogP contribution in [0.15, 0.2) is 22.7 Å². The van der Waals surface area contributed by atoms with Gasteiger partial charge in [-0.25, -0.2) is 4.98 Å². The van der Waals surface area contributed by atoms with Crippen LogP contribution in [0.3, 0.4) is 0 Å². The van der Waals surface area contributed by atoms with Crippen LogP contribution < -0.4 is 5.73 Å². The van der Waals surface area contributed by atoms with E-state index in [0.717, 1.165) is 22.2 Å². The average Bonchev–Trinajstić information content (AvgIpc) is 3.02. The first-order valence-corrected chi connectivity index (χ1v) is 6.45. The van der Waals surface area contributed by atoms with Crippen molar-refractivity contribution in [2.45, 2.75) is 25.3 Å². The Morgan fingerprint density at radius 3 is 2.94 bits per heavy atom. The van der Waals surface area contributed by atoms with E-state index in [2.05, 4.69) is 43.7 Å². The molecule has 1 heterocycles. The maximum atomic E-state index is 5.64. The maximum Gasteiger partial charge on any atom is 0.111 e. The quantitative estimate of drug-likeness (QED) is 0.939. The Hall–Kier alpha value is -0.870. The number of halogens is 1. The van der Waals surface area contributed by atoms with Crippen molar-refractivity contribution in [3.05, 3.63) is 28.5 Å². The Balaban J connectivity index is 2.20. The predicted octanol–water partition coefficient (Wildman–Crippen LogP) is 2.63. The Labute approximate surface area is 103 Å². The zero-order valence-corrected chi connectivity index (χ0v) is 10.6. The fourth-order valence-electron chi connectivity index (χ4n) is 2.17. The molecule has 3 nitrogen and oxygen atoms in total. The summed E-state index contributed by atoms with van der Waals surface area (Å²) in [4.78, 5) is 4.68. The third-order valence-electron chi connectivity index (χ3n) is 3.00. The Bertz CT molecular complexity index is 528. The lowest BCUT2D eigenvalue weighted by atomic mass is 10.3. The zero-order valence-electron chi connectivity index (χ0n) is 8.99. The van der Waals surface area contributed by atoms with Gasteiger partial charge in [-0.1, -0.05) is 15.9 Å². The van der Waals surface area contributed by atoms with E-state index in [1.54, 1.807) is 0 Å². The molecule has 1 aromatic heterocycles. The molecule has 1 aromatic carbocycles. The van der Waals surface area contributed by atoms with Crippen LogP contribution in [0.4, 0.5) is 0 Å². The highest BCUT2D eigenvalue weighted by Gasteiger charge is 2.27. The fourth-order valence-corrected chi connectivity index (χ4v) is 2.52. The van der Waals surface area contributed by atoms with Crippen molar-refractivity contribution in [2.24, 2.45) is 5.73 Å². The molecule has 0 radical (unpaired) electrons. The molecule has 0 unspecified atom stereocenters. The lowest BCUT2D eigenvalue weighted by Gasteiger charge is -2.06. The highest BCUT2D eigenvalue weighted by atomic mass is 79.9. The number of rotatable bonds is 3. The monoisotopic (exact) mass is 279 g/mol. The zero-order chi connectivity index (χ0) is 11.1. The molecule has 3 rings (SSSR count). The summed E-state index contributed by atoms with van der Waals surface area (Å²) < 4.78 is 3.45. The fraction of sp³-hybridized carbons (Fsp3) is 0.417. The number of aromatic nitrogens is 2. The van der Waals surface area contributed by atoms with Crippen molar-refractivity contribution in [1.29, 1.82) is 0 Å². The van der Waals surface area contributed by atoms with Crippen molar-refractivity contribution >= 4 is 27.0 Å². The number of nitrogens with two attached hydrogens (primary N) is 1. The van der Waals surface area contributed by atoms with Gasteiger partial charge in [-0.05, 0) is 37.6 Å². The number of benzene rings is 1. The van der Waals surface area contributed by atoms with Crippen molar-refractivity contribution in [3.63, 3.8) is 0 Å². The molecule has 0 atom stereocenters. The topological polar surface area (TPSA) is 43.8 Å². The minimum atomic E-state index is 0.660. The SMILES string of the molecule is NCCc1nc2cc(Br)ccc2n1C1CC1. The first kappa shape index (κ1) is 10.3. The molecule has 4 heteroatoms. The summed E-state index contributed by atoms with van der Waals surface area (Å²) in [5.74, 6) is 1.14. The van der Waals surface area contributed by atoms with Gasteiger partial charge in [0.2, 0.25) is 0 Å². The van der Waals surface area contributed by atoms with Crippen LogP contribution in [-0.2, 0) is 6.42 Å². The number of fused-ring (bicyclic) bond motifs is 1. The highest BCUT2D eigenvalue weighted by molar-refractivity contribution is 9.10. The van der Waals surface area contributed by atoms with Crippen LogP contribution in [0, 0.1) is 0 Å². The second-order valence-electron chi connectivity index (χ2n) is 4.30. The standard InChI is InChI=1S/C12H14BrN3/c13-8-1-4-11-10(7-8)15-12(5-6-14)16(11)9-2-3-9/h1,4,7,9H,2-3,5-6,14H2. The van der Waals surface area contributed by atoms with Crippen molar-refractivity contribution in [2.75, 3.05) is 6.54 Å². The van der Waals surface area contributed by atoms with Crippen LogP contribution in [0.1, 0.15) is 24.7 Å². The lowest BCUT2D eigenvalue weighted by Crippen LogP contribution is -2.09. The first-order valence-electron chi connectivity index (χ1n) is 5.66. The van der Waals surface area contributed by atoms with Gasteiger partial charge in [0.1, 0.15) is 5.82 Å².